The van der Waals surface area contributed by atoms with Gasteiger partial charge in [0.25, 0.3) is 5.56 Å². The zero-order valence-electron chi connectivity index (χ0n) is 14.4. The lowest BCUT2D eigenvalue weighted by atomic mass is 10.00. The van der Waals surface area contributed by atoms with Crippen molar-refractivity contribution in [2.24, 2.45) is 0 Å². The Labute approximate surface area is 160 Å². The third kappa shape index (κ3) is 3.61. The number of β-amino-alcohol motifs (C(OH)–C–C–N with tert-alkyl or cyclic N) is 1. The summed E-state index contributed by atoms with van der Waals surface area (Å²) in [4.78, 5) is 14.9. The van der Waals surface area contributed by atoms with Crippen LogP contribution in [-0.2, 0) is 19.5 Å². The van der Waals surface area contributed by atoms with E-state index in [9.17, 15) is 9.90 Å². The van der Waals surface area contributed by atoms with Gasteiger partial charge in [0.15, 0.2) is 0 Å². The first-order valence-corrected chi connectivity index (χ1v) is 9.65. The largest absolute Gasteiger partial charge is 0.390 e. The Kier molecular flexibility index (Phi) is 4.94. The molecule has 1 atom stereocenters. The fraction of sp³-hybridized carbons (Fsp3) is 0.286. The topological polar surface area (TPSA) is 45.5 Å². The Morgan fingerprint density at radius 1 is 1.08 bits per heavy atom. The van der Waals surface area contributed by atoms with E-state index >= 15 is 0 Å². The number of aromatic nitrogens is 1. The third-order valence-electron chi connectivity index (χ3n) is 5.03. The van der Waals surface area contributed by atoms with Crippen LogP contribution in [0, 0.1) is 0 Å². The molecule has 3 aromatic rings. The van der Waals surface area contributed by atoms with E-state index in [1.165, 1.54) is 11.1 Å². The zero-order valence-corrected chi connectivity index (χ0v) is 16.0. The maximum Gasteiger partial charge on any atom is 0.258 e. The van der Waals surface area contributed by atoms with Gasteiger partial charge < -0.3 is 9.67 Å². The summed E-state index contributed by atoms with van der Waals surface area (Å²) in [7, 11) is 0. The number of aliphatic hydroxyl groups excluding tert-OH is 1. The van der Waals surface area contributed by atoms with Crippen molar-refractivity contribution in [3.63, 3.8) is 0 Å². The molecule has 4 nitrogen and oxygen atoms in total. The summed E-state index contributed by atoms with van der Waals surface area (Å²) >= 11 is 3.43. The Morgan fingerprint density at radius 2 is 1.88 bits per heavy atom. The SMILES string of the molecule is O=c1c2ccc(Br)cc2ccn1C[C@H](O)CN1CCc2ccccc2C1. The van der Waals surface area contributed by atoms with Crippen molar-refractivity contribution in [1.29, 1.82) is 0 Å². The minimum atomic E-state index is -0.578. The van der Waals surface area contributed by atoms with Crippen LogP contribution in [0.1, 0.15) is 11.1 Å². The highest BCUT2D eigenvalue weighted by Gasteiger charge is 2.19. The molecule has 26 heavy (non-hydrogen) atoms. The summed E-state index contributed by atoms with van der Waals surface area (Å²) in [6, 6.07) is 16.0. The van der Waals surface area contributed by atoms with Crippen LogP contribution >= 0.6 is 15.9 Å². The number of halogens is 1. The lowest BCUT2D eigenvalue weighted by molar-refractivity contribution is 0.0911. The van der Waals surface area contributed by atoms with Crippen molar-refractivity contribution in [3.8, 4) is 0 Å². The molecule has 0 saturated heterocycles. The maximum absolute atomic E-state index is 12.7. The Hall–Kier alpha value is -1.95. The number of benzene rings is 2. The molecule has 1 aliphatic heterocycles. The number of aliphatic hydroxyl groups is 1. The first kappa shape index (κ1) is 17.5. The normalized spacial score (nSPS) is 15.8. The predicted octanol–water partition coefficient (Wildman–Crippen LogP) is 3.18. The molecular weight excluding hydrogens is 392 g/mol. The first-order valence-electron chi connectivity index (χ1n) is 8.86. The van der Waals surface area contributed by atoms with Crippen LogP contribution in [0.3, 0.4) is 0 Å². The molecule has 134 valence electrons. The van der Waals surface area contributed by atoms with Gasteiger partial charge in [-0.2, -0.15) is 0 Å². The van der Waals surface area contributed by atoms with Crippen molar-refractivity contribution in [1.82, 2.24) is 9.47 Å². The van der Waals surface area contributed by atoms with Gasteiger partial charge in [0.2, 0.25) is 0 Å². The van der Waals surface area contributed by atoms with Crippen molar-refractivity contribution in [2.75, 3.05) is 13.1 Å². The van der Waals surface area contributed by atoms with E-state index in [2.05, 4.69) is 45.1 Å². The fourth-order valence-electron chi connectivity index (χ4n) is 3.70. The number of hydrogen-bond acceptors (Lipinski definition) is 3. The Balaban J connectivity index is 1.46. The summed E-state index contributed by atoms with van der Waals surface area (Å²) in [6.45, 7) is 2.67. The van der Waals surface area contributed by atoms with Gasteiger partial charge in [-0.3, -0.25) is 9.69 Å². The average Bonchev–Trinajstić information content (AvgIpc) is 2.64. The van der Waals surface area contributed by atoms with Crippen LogP contribution in [0.4, 0.5) is 0 Å². The molecule has 0 amide bonds. The molecule has 4 rings (SSSR count). The molecule has 1 aliphatic rings. The molecule has 1 aromatic heterocycles. The number of fused-ring (bicyclic) bond motifs is 2. The van der Waals surface area contributed by atoms with E-state index in [0.29, 0.717) is 18.5 Å². The third-order valence-corrected chi connectivity index (χ3v) is 5.52. The van der Waals surface area contributed by atoms with Crippen molar-refractivity contribution < 1.29 is 5.11 Å². The summed E-state index contributed by atoms with van der Waals surface area (Å²) in [5, 5.41) is 12.1. The molecular formula is C21H21BrN2O2. The minimum Gasteiger partial charge on any atom is -0.390 e. The molecule has 2 heterocycles. The standard InChI is InChI=1S/C21H21BrN2O2/c22-18-5-6-20-16(11-18)8-10-24(21(20)26)14-19(25)13-23-9-7-15-3-1-2-4-17(15)12-23/h1-6,8,10-11,19,25H,7,9,12-14H2/t19-/m1/s1. The lowest BCUT2D eigenvalue weighted by Gasteiger charge is -2.30. The van der Waals surface area contributed by atoms with Gasteiger partial charge in [0, 0.05) is 35.7 Å². The zero-order chi connectivity index (χ0) is 18.1. The highest BCUT2D eigenvalue weighted by atomic mass is 79.9. The lowest BCUT2D eigenvalue weighted by Crippen LogP contribution is -2.39. The van der Waals surface area contributed by atoms with Gasteiger partial charge >= 0.3 is 0 Å². The monoisotopic (exact) mass is 412 g/mol. The second-order valence-electron chi connectivity index (χ2n) is 6.91. The highest BCUT2D eigenvalue weighted by molar-refractivity contribution is 9.10. The number of nitrogens with zero attached hydrogens (tertiary/aromatic N) is 2. The van der Waals surface area contributed by atoms with E-state index in [1.807, 2.05) is 24.3 Å². The van der Waals surface area contributed by atoms with Gasteiger partial charge in [-0.05, 0) is 47.2 Å². The molecule has 0 saturated carbocycles. The average molecular weight is 413 g/mol. The molecule has 5 heteroatoms. The number of rotatable bonds is 4. The molecule has 0 bridgehead atoms. The minimum absolute atomic E-state index is 0.0574. The molecule has 0 unspecified atom stereocenters. The second-order valence-corrected chi connectivity index (χ2v) is 7.83. The van der Waals surface area contributed by atoms with Gasteiger partial charge in [-0.15, -0.1) is 0 Å². The number of hydrogen-bond donors (Lipinski definition) is 1. The van der Waals surface area contributed by atoms with E-state index in [4.69, 9.17) is 0 Å². The maximum atomic E-state index is 12.7. The van der Waals surface area contributed by atoms with Crippen LogP contribution in [0.15, 0.2) is 64.0 Å². The molecule has 0 spiro atoms. The van der Waals surface area contributed by atoms with Crippen LogP contribution in [0.25, 0.3) is 10.8 Å². The van der Waals surface area contributed by atoms with Crippen molar-refractivity contribution in [2.45, 2.75) is 25.6 Å². The molecule has 0 fully saturated rings. The molecule has 0 radical (unpaired) electrons. The summed E-state index contributed by atoms with van der Waals surface area (Å²) in [5.74, 6) is 0. The molecule has 0 aliphatic carbocycles. The van der Waals surface area contributed by atoms with E-state index in [0.717, 1.165) is 29.4 Å². The Bertz CT molecular complexity index is 999. The quantitative estimate of drug-likeness (QED) is 0.715. The van der Waals surface area contributed by atoms with Crippen LogP contribution in [0.5, 0.6) is 0 Å². The summed E-state index contributed by atoms with van der Waals surface area (Å²) < 4.78 is 2.56. The van der Waals surface area contributed by atoms with Gasteiger partial charge in [0.1, 0.15) is 0 Å². The van der Waals surface area contributed by atoms with E-state index < -0.39 is 6.10 Å². The first-order chi connectivity index (χ1) is 12.6. The van der Waals surface area contributed by atoms with E-state index in [-0.39, 0.29) is 5.56 Å². The van der Waals surface area contributed by atoms with Crippen LogP contribution in [-0.4, -0.2) is 33.8 Å². The summed E-state index contributed by atoms with van der Waals surface area (Å²) in [6.07, 6.45) is 2.20. The van der Waals surface area contributed by atoms with Gasteiger partial charge in [-0.1, -0.05) is 40.2 Å². The summed E-state index contributed by atoms with van der Waals surface area (Å²) in [5.41, 5.74) is 2.67. The second kappa shape index (κ2) is 7.35. The van der Waals surface area contributed by atoms with Gasteiger partial charge in [-0.25, -0.2) is 0 Å². The van der Waals surface area contributed by atoms with E-state index in [1.54, 1.807) is 10.8 Å². The number of pyridine rings is 1. The molecule has 1 N–H and O–H groups in total. The Morgan fingerprint density at radius 3 is 2.73 bits per heavy atom. The van der Waals surface area contributed by atoms with Gasteiger partial charge in [0.05, 0.1) is 12.6 Å². The van der Waals surface area contributed by atoms with Crippen LogP contribution in [0.2, 0.25) is 0 Å². The van der Waals surface area contributed by atoms with Crippen molar-refractivity contribution in [3.05, 3.63) is 80.7 Å². The van der Waals surface area contributed by atoms with Crippen molar-refractivity contribution >= 4 is 26.7 Å². The fourth-order valence-corrected chi connectivity index (χ4v) is 4.07. The predicted molar refractivity (Wildman–Crippen MR) is 107 cm³/mol. The smallest absolute Gasteiger partial charge is 0.258 e. The molecule has 2 aromatic carbocycles. The highest BCUT2D eigenvalue weighted by Crippen LogP contribution is 2.19. The van der Waals surface area contributed by atoms with Crippen LogP contribution < -0.4 is 5.56 Å².